The smallest absolute Gasteiger partial charge is 0.328 e. The van der Waals surface area contributed by atoms with E-state index in [1.165, 1.54) is 0 Å². The van der Waals surface area contributed by atoms with Crippen LogP contribution in [0.4, 0.5) is 0 Å². The van der Waals surface area contributed by atoms with Gasteiger partial charge in [0.1, 0.15) is 5.75 Å². The molecule has 1 aromatic rings. The van der Waals surface area contributed by atoms with Crippen molar-refractivity contribution in [2.75, 3.05) is 19.8 Å². The van der Waals surface area contributed by atoms with Gasteiger partial charge in [-0.1, -0.05) is 18.2 Å². The van der Waals surface area contributed by atoms with E-state index in [4.69, 9.17) is 14.6 Å². The fourth-order valence-electron chi connectivity index (χ4n) is 2.08. The molecule has 0 aliphatic carbocycles. The molecule has 0 spiro atoms. The molecule has 0 aromatic heterocycles. The third kappa shape index (κ3) is 3.83. The summed E-state index contributed by atoms with van der Waals surface area (Å²) in [5.74, 6) is 0.222. The predicted molar refractivity (Wildman–Crippen MR) is 72.3 cm³/mol. The van der Waals surface area contributed by atoms with Crippen LogP contribution < -0.4 is 4.74 Å². The van der Waals surface area contributed by atoms with Gasteiger partial charge in [0, 0.05) is 24.2 Å². The summed E-state index contributed by atoms with van der Waals surface area (Å²) in [4.78, 5) is 10.6. The molecule has 1 aliphatic rings. The molecule has 102 valence electrons. The van der Waals surface area contributed by atoms with Crippen LogP contribution in [0.5, 0.6) is 5.75 Å². The molecule has 1 N–H and O–H groups in total. The Hall–Kier alpha value is -1.81. The Labute approximate surface area is 112 Å². The fraction of sp³-hybridized carbons (Fsp3) is 0.400. The molecular formula is C15H18O4. The van der Waals surface area contributed by atoms with Crippen molar-refractivity contribution in [3.63, 3.8) is 0 Å². The van der Waals surface area contributed by atoms with Gasteiger partial charge in [0.2, 0.25) is 0 Å². The van der Waals surface area contributed by atoms with E-state index in [1.807, 2.05) is 25.1 Å². The maximum Gasteiger partial charge on any atom is 0.328 e. The average molecular weight is 262 g/mol. The average Bonchev–Trinajstić information content (AvgIpc) is 2.88. The fourth-order valence-corrected chi connectivity index (χ4v) is 2.08. The van der Waals surface area contributed by atoms with Crippen LogP contribution in [0.2, 0.25) is 0 Å². The molecule has 1 unspecified atom stereocenters. The summed E-state index contributed by atoms with van der Waals surface area (Å²) in [7, 11) is 0. The largest absolute Gasteiger partial charge is 0.492 e. The monoisotopic (exact) mass is 262 g/mol. The van der Waals surface area contributed by atoms with Crippen molar-refractivity contribution in [2.45, 2.75) is 13.3 Å². The van der Waals surface area contributed by atoms with Crippen LogP contribution in [-0.2, 0) is 9.53 Å². The topological polar surface area (TPSA) is 55.8 Å². The minimum atomic E-state index is -0.961. The summed E-state index contributed by atoms with van der Waals surface area (Å²) in [5.41, 5.74) is 1.80. The molecule has 2 rings (SSSR count). The van der Waals surface area contributed by atoms with Crippen LogP contribution in [-0.4, -0.2) is 30.9 Å². The van der Waals surface area contributed by atoms with Gasteiger partial charge in [0.05, 0.1) is 13.2 Å². The van der Waals surface area contributed by atoms with Crippen LogP contribution in [0.1, 0.15) is 17.5 Å². The lowest BCUT2D eigenvalue weighted by molar-refractivity contribution is -0.131. The molecular weight excluding hydrogens is 244 g/mol. The van der Waals surface area contributed by atoms with Gasteiger partial charge in [0.25, 0.3) is 0 Å². The summed E-state index contributed by atoms with van der Waals surface area (Å²) in [6.07, 6.45) is 3.71. The van der Waals surface area contributed by atoms with Crippen molar-refractivity contribution in [3.05, 3.63) is 35.4 Å². The molecule has 0 saturated carbocycles. The van der Waals surface area contributed by atoms with Gasteiger partial charge in [-0.3, -0.25) is 0 Å². The van der Waals surface area contributed by atoms with E-state index in [-0.39, 0.29) is 0 Å². The maximum absolute atomic E-state index is 10.6. The first-order valence-corrected chi connectivity index (χ1v) is 6.38. The second kappa shape index (κ2) is 6.38. The number of rotatable bonds is 5. The molecule has 19 heavy (non-hydrogen) atoms. The van der Waals surface area contributed by atoms with Crippen LogP contribution in [0, 0.1) is 12.8 Å². The van der Waals surface area contributed by atoms with Crippen LogP contribution in [0.25, 0.3) is 6.08 Å². The molecule has 1 heterocycles. The molecule has 0 amide bonds. The highest BCUT2D eigenvalue weighted by Crippen LogP contribution is 2.26. The van der Waals surface area contributed by atoms with Crippen molar-refractivity contribution < 1.29 is 19.4 Å². The van der Waals surface area contributed by atoms with Gasteiger partial charge in [0.15, 0.2) is 0 Å². The van der Waals surface area contributed by atoms with E-state index in [2.05, 4.69) is 0 Å². The maximum atomic E-state index is 10.6. The van der Waals surface area contributed by atoms with Crippen molar-refractivity contribution in [2.24, 2.45) is 5.92 Å². The standard InChI is InChI=1S/C15H18O4/c1-11-3-2-4-13(5-6-14(16)17)15(11)19-10-12-7-8-18-9-12/h2-6,12H,7-10H2,1H3,(H,16,17)/b6-5+. The Balaban J connectivity index is 2.10. The van der Waals surface area contributed by atoms with Crippen LogP contribution in [0.15, 0.2) is 24.3 Å². The summed E-state index contributed by atoms with van der Waals surface area (Å²) >= 11 is 0. The number of para-hydroxylation sites is 1. The van der Waals surface area contributed by atoms with Crippen molar-refractivity contribution in [1.82, 2.24) is 0 Å². The third-order valence-corrected chi connectivity index (χ3v) is 3.14. The number of aliphatic carboxylic acids is 1. The second-order valence-corrected chi connectivity index (χ2v) is 4.71. The van der Waals surface area contributed by atoms with E-state index in [0.29, 0.717) is 12.5 Å². The second-order valence-electron chi connectivity index (χ2n) is 4.71. The Kier molecular flexibility index (Phi) is 4.58. The molecule has 0 radical (unpaired) electrons. The van der Waals surface area contributed by atoms with Gasteiger partial charge < -0.3 is 14.6 Å². The summed E-state index contributed by atoms with van der Waals surface area (Å²) in [6.45, 7) is 4.11. The number of carboxylic acid groups (broad SMARTS) is 1. The molecule has 1 atom stereocenters. The molecule has 1 saturated heterocycles. The van der Waals surface area contributed by atoms with Gasteiger partial charge in [-0.2, -0.15) is 0 Å². The predicted octanol–water partition coefficient (Wildman–Crippen LogP) is 2.51. The Morgan fingerprint density at radius 1 is 1.58 bits per heavy atom. The number of ether oxygens (including phenoxy) is 2. The van der Waals surface area contributed by atoms with E-state index in [9.17, 15) is 4.79 Å². The zero-order valence-corrected chi connectivity index (χ0v) is 11.0. The minimum Gasteiger partial charge on any atom is -0.492 e. The van der Waals surface area contributed by atoms with E-state index >= 15 is 0 Å². The van der Waals surface area contributed by atoms with Gasteiger partial charge in [-0.15, -0.1) is 0 Å². The lowest BCUT2D eigenvalue weighted by Gasteiger charge is -2.14. The molecule has 1 aliphatic heterocycles. The first-order valence-electron chi connectivity index (χ1n) is 6.38. The van der Waals surface area contributed by atoms with E-state index in [0.717, 1.165) is 42.6 Å². The number of hydrogen-bond donors (Lipinski definition) is 1. The summed E-state index contributed by atoms with van der Waals surface area (Å²) < 4.78 is 11.2. The molecule has 4 nitrogen and oxygen atoms in total. The zero-order chi connectivity index (χ0) is 13.7. The molecule has 0 bridgehead atoms. The first kappa shape index (κ1) is 13.6. The molecule has 1 aromatic carbocycles. The quantitative estimate of drug-likeness (QED) is 0.828. The van der Waals surface area contributed by atoms with Gasteiger partial charge >= 0.3 is 5.97 Å². The highest BCUT2D eigenvalue weighted by Gasteiger charge is 2.17. The SMILES string of the molecule is Cc1cccc(/C=C/C(=O)O)c1OCC1CCOC1. The van der Waals surface area contributed by atoms with Crippen molar-refractivity contribution in [3.8, 4) is 5.75 Å². The van der Waals surface area contributed by atoms with Crippen LogP contribution in [0.3, 0.4) is 0 Å². The van der Waals surface area contributed by atoms with Crippen LogP contribution >= 0.6 is 0 Å². The first-order chi connectivity index (χ1) is 9.16. The van der Waals surface area contributed by atoms with E-state index in [1.54, 1.807) is 6.08 Å². The Morgan fingerprint density at radius 3 is 3.11 bits per heavy atom. The lowest BCUT2D eigenvalue weighted by Crippen LogP contribution is -2.12. The number of aryl methyl sites for hydroxylation is 1. The summed E-state index contributed by atoms with van der Waals surface area (Å²) in [5, 5.41) is 8.69. The number of carbonyl (C=O) groups is 1. The van der Waals surface area contributed by atoms with Gasteiger partial charge in [-0.05, 0) is 25.0 Å². The molecule has 4 heteroatoms. The summed E-state index contributed by atoms with van der Waals surface area (Å²) in [6, 6.07) is 5.70. The van der Waals surface area contributed by atoms with Crippen molar-refractivity contribution >= 4 is 12.0 Å². The number of hydrogen-bond acceptors (Lipinski definition) is 3. The minimum absolute atomic E-state index is 0.427. The highest BCUT2D eigenvalue weighted by molar-refractivity contribution is 5.86. The molecule has 1 fully saturated rings. The van der Waals surface area contributed by atoms with Crippen molar-refractivity contribution in [1.29, 1.82) is 0 Å². The Morgan fingerprint density at radius 2 is 2.42 bits per heavy atom. The number of benzene rings is 1. The lowest BCUT2D eigenvalue weighted by atomic mass is 10.1. The zero-order valence-electron chi connectivity index (χ0n) is 11.0. The number of carboxylic acids is 1. The third-order valence-electron chi connectivity index (χ3n) is 3.14. The normalized spacial score (nSPS) is 18.9. The van der Waals surface area contributed by atoms with Gasteiger partial charge in [-0.25, -0.2) is 4.79 Å². The Bertz CT molecular complexity index is 473. The van der Waals surface area contributed by atoms with E-state index < -0.39 is 5.97 Å². The highest BCUT2D eigenvalue weighted by atomic mass is 16.5.